The molecule has 0 bridgehead atoms. The molecule has 0 unspecified atom stereocenters. The predicted molar refractivity (Wildman–Crippen MR) is 60.2 cm³/mol. The lowest BCUT2D eigenvalue weighted by Gasteiger charge is -2.10. The van der Waals surface area contributed by atoms with Crippen LogP contribution in [0, 0.1) is 13.8 Å². The number of fused-ring (bicyclic) bond motifs is 1. The van der Waals surface area contributed by atoms with Gasteiger partial charge in [-0.25, -0.2) is 4.98 Å². The minimum Gasteiger partial charge on any atom is -0.254 e. The van der Waals surface area contributed by atoms with E-state index in [1.54, 1.807) is 0 Å². The van der Waals surface area contributed by atoms with Crippen LogP contribution in [0.5, 0.6) is 0 Å². The molecule has 0 saturated carbocycles. The van der Waals surface area contributed by atoms with Crippen molar-refractivity contribution in [2.24, 2.45) is 0 Å². The van der Waals surface area contributed by atoms with Crippen LogP contribution in [0.1, 0.15) is 43.0 Å². The molecule has 2 rings (SSSR count). The monoisotopic (exact) mass is 190 g/mol. The molecule has 1 aliphatic carbocycles. The average Bonchev–Trinajstić information content (AvgIpc) is 2.23. The zero-order valence-electron chi connectivity index (χ0n) is 9.46. The van der Waals surface area contributed by atoms with Gasteiger partial charge >= 0.3 is 0 Å². The topological polar surface area (TPSA) is 25.8 Å². The maximum Gasteiger partial charge on any atom is 0.0845 e. The van der Waals surface area contributed by atoms with E-state index in [0.29, 0.717) is 0 Å². The van der Waals surface area contributed by atoms with E-state index in [9.17, 15) is 0 Å². The van der Waals surface area contributed by atoms with E-state index in [1.807, 2.05) is 27.7 Å². The van der Waals surface area contributed by atoms with Gasteiger partial charge in [0, 0.05) is 0 Å². The standard InChI is InChI=1S/C10H12N2.C2H6/c1-7-8(2)12-10-6-4-3-5-9(10)11-7;1-2/h3,5H,4,6H2,1-2H3;1-2H3. The first-order chi connectivity index (χ1) is 6.77. The van der Waals surface area contributed by atoms with Gasteiger partial charge in [0.2, 0.25) is 0 Å². The fourth-order valence-corrected chi connectivity index (χ4v) is 1.40. The largest absolute Gasteiger partial charge is 0.254 e. The molecule has 0 atom stereocenters. The molecule has 1 heterocycles. The van der Waals surface area contributed by atoms with Crippen LogP contribution < -0.4 is 0 Å². The van der Waals surface area contributed by atoms with Crippen LogP contribution in [-0.2, 0) is 6.42 Å². The second-order valence-electron chi connectivity index (χ2n) is 3.17. The highest BCUT2D eigenvalue weighted by molar-refractivity contribution is 5.50. The van der Waals surface area contributed by atoms with Crippen molar-refractivity contribution in [3.63, 3.8) is 0 Å². The summed E-state index contributed by atoms with van der Waals surface area (Å²) in [6, 6.07) is 0. The van der Waals surface area contributed by atoms with E-state index < -0.39 is 0 Å². The molecule has 0 fully saturated rings. The second-order valence-corrected chi connectivity index (χ2v) is 3.17. The molecule has 1 aromatic rings. The molecule has 76 valence electrons. The van der Waals surface area contributed by atoms with Crippen molar-refractivity contribution < 1.29 is 0 Å². The Balaban J connectivity index is 0.000000461. The Labute approximate surface area is 86.1 Å². The molecule has 14 heavy (non-hydrogen) atoms. The van der Waals surface area contributed by atoms with E-state index in [4.69, 9.17) is 0 Å². The summed E-state index contributed by atoms with van der Waals surface area (Å²) in [5.74, 6) is 0. The van der Waals surface area contributed by atoms with E-state index in [0.717, 1.165) is 35.6 Å². The van der Waals surface area contributed by atoms with E-state index in [-0.39, 0.29) is 0 Å². The SMILES string of the molecule is CC.Cc1nc2c(nc1C)CCC=C2. The first-order valence-electron chi connectivity index (χ1n) is 5.28. The number of aromatic nitrogens is 2. The molecule has 2 heteroatoms. The lowest BCUT2D eigenvalue weighted by molar-refractivity contribution is 0.871. The Morgan fingerprint density at radius 1 is 1.07 bits per heavy atom. The van der Waals surface area contributed by atoms with Gasteiger partial charge in [-0.15, -0.1) is 0 Å². The van der Waals surface area contributed by atoms with Crippen molar-refractivity contribution in [3.8, 4) is 0 Å². The molecule has 0 N–H and O–H groups in total. The molecular formula is C12H18N2. The highest BCUT2D eigenvalue weighted by atomic mass is 14.8. The van der Waals surface area contributed by atoms with Crippen LogP contribution in [0.25, 0.3) is 6.08 Å². The predicted octanol–water partition coefficient (Wildman–Crippen LogP) is 3.08. The van der Waals surface area contributed by atoms with E-state index in [2.05, 4.69) is 22.1 Å². The Morgan fingerprint density at radius 2 is 1.71 bits per heavy atom. The van der Waals surface area contributed by atoms with Crippen LogP contribution in [0.2, 0.25) is 0 Å². The fourth-order valence-electron chi connectivity index (χ4n) is 1.40. The van der Waals surface area contributed by atoms with Crippen LogP contribution in [-0.4, -0.2) is 9.97 Å². The van der Waals surface area contributed by atoms with Gasteiger partial charge in [0.05, 0.1) is 22.8 Å². The van der Waals surface area contributed by atoms with Gasteiger partial charge < -0.3 is 0 Å². The van der Waals surface area contributed by atoms with Gasteiger partial charge in [-0.2, -0.15) is 0 Å². The lowest BCUT2D eigenvalue weighted by atomic mass is 10.1. The van der Waals surface area contributed by atoms with Gasteiger partial charge in [-0.05, 0) is 32.8 Å². The van der Waals surface area contributed by atoms with Crippen molar-refractivity contribution in [1.29, 1.82) is 0 Å². The molecule has 0 spiro atoms. The molecule has 0 aliphatic heterocycles. The maximum absolute atomic E-state index is 4.50. The Kier molecular flexibility index (Phi) is 3.81. The molecule has 1 aliphatic rings. The number of hydrogen-bond acceptors (Lipinski definition) is 2. The van der Waals surface area contributed by atoms with Crippen molar-refractivity contribution >= 4 is 6.08 Å². The number of aryl methyl sites for hydroxylation is 3. The summed E-state index contributed by atoms with van der Waals surface area (Å²) in [5, 5.41) is 0. The Morgan fingerprint density at radius 3 is 2.43 bits per heavy atom. The van der Waals surface area contributed by atoms with Crippen LogP contribution in [0.3, 0.4) is 0 Å². The summed E-state index contributed by atoms with van der Waals surface area (Å²) in [4.78, 5) is 8.96. The number of rotatable bonds is 0. The zero-order valence-corrected chi connectivity index (χ0v) is 9.46. The zero-order chi connectivity index (χ0) is 10.6. The minimum atomic E-state index is 1.04. The normalized spacial score (nSPS) is 12.9. The highest BCUT2D eigenvalue weighted by Crippen LogP contribution is 2.16. The third-order valence-corrected chi connectivity index (χ3v) is 2.23. The fraction of sp³-hybridized carbons (Fsp3) is 0.500. The molecule has 1 aromatic heterocycles. The van der Waals surface area contributed by atoms with Gasteiger partial charge in [0.25, 0.3) is 0 Å². The molecule has 2 nitrogen and oxygen atoms in total. The molecule has 0 amide bonds. The van der Waals surface area contributed by atoms with Crippen molar-refractivity contribution in [3.05, 3.63) is 28.9 Å². The summed E-state index contributed by atoms with van der Waals surface area (Å²) in [6.45, 7) is 8.02. The summed E-state index contributed by atoms with van der Waals surface area (Å²) in [7, 11) is 0. The van der Waals surface area contributed by atoms with Gasteiger partial charge in [-0.3, -0.25) is 4.98 Å². The quantitative estimate of drug-likeness (QED) is 0.628. The summed E-state index contributed by atoms with van der Waals surface area (Å²) in [6.07, 6.45) is 6.37. The maximum atomic E-state index is 4.50. The third kappa shape index (κ3) is 2.19. The summed E-state index contributed by atoms with van der Waals surface area (Å²) in [5.41, 5.74) is 4.31. The van der Waals surface area contributed by atoms with Crippen molar-refractivity contribution in [1.82, 2.24) is 9.97 Å². The van der Waals surface area contributed by atoms with Gasteiger partial charge in [0.15, 0.2) is 0 Å². The summed E-state index contributed by atoms with van der Waals surface area (Å²) < 4.78 is 0. The summed E-state index contributed by atoms with van der Waals surface area (Å²) >= 11 is 0. The highest BCUT2D eigenvalue weighted by Gasteiger charge is 2.08. The van der Waals surface area contributed by atoms with Gasteiger partial charge in [-0.1, -0.05) is 19.9 Å². The number of hydrogen-bond donors (Lipinski definition) is 0. The average molecular weight is 190 g/mol. The van der Waals surface area contributed by atoms with Gasteiger partial charge in [0.1, 0.15) is 0 Å². The molecule has 0 radical (unpaired) electrons. The van der Waals surface area contributed by atoms with E-state index >= 15 is 0 Å². The molecule has 0 aromatic carbocycles. The number of allylic oxidation sites excluding steroid dienone is 1. The minimum absolute atomic E-state index is 1.04. The van der Waals surface area contributed by atoms with E-state index in [1.165, 1.54) is 0 Å². The van der Waals surface area contributed by atoms with Crippen LogP contribution in [0.4, 0.5) is 0 Å². The lowest BCUT2D eigenvalue weighted by Crippen LogP contribution is -2.04. The third-order valence-electron chi connectivity index (χ3n) is 2.23. The van der Waals surface area contributed by atoms with Crippen LogP contribution in [0.15, 0.2) is 6.08 Å². The molecule has 0 saturated heterocycles. The van der Waals surface area contributed by atoms with Crippen LogP contribution >= 0.6 is 0 Å². The van der Waals surface area contributed by atoms with Crippen molar-refractivity contribution in [2.45, 2.75) is 40.5 Å². The molecular weight excluding hydrogens is 172 g/mol. The first kappa shape index (κ1) is 10.9. The first-order valence-corrected chi connectivity index (χ1v) is 5.28. The number of nitrogens with zero attached hydrogens (tertiary/aromatic N) is 2. The van der Waals surface area contributed by atoms with Crippen molar-refractivity contribution in [2.75, 3.05) is 0 Å². The Bertz CT molecular complexity index is 340. The second kappa shape index (κ2) is 4.89. The smallest absolute Gasteiger partial charge is 0.0845 e. The Hall–Kier alpha value is -1.18.